The van der Waals surface area contributed by atoms with Crippen LogP contribution in [-0.2, 0) is 6.42 Å². The molecule has 1 aromatic rings. The SMILES string of the molecule is CCCCN1CCC(NC2CCCc3ccccc32)CC1. The van der Waals surface area contributed by atoms with E-state index in [1.807, 2.05) is 0 Å². The maximum absolute atomic E-state index is 3.96. The van der Waals surface area contributed by atoms with Crippen LogP contribution in [-0.4, -0.2) is 30.6 Å². The molecule has 0 saturated carbocycles. The average Bonchev–Trinajstić information content (AvgIpc) is 2.55. The number of likely N-dealkylation sites (tertiary alicyclic amines) is 1. The summed E-state index contributed by atoms with van der Waals surface area (Å²) in [6.07, 6.45) is 9.23. The highest BCUT2D eigenvalue weighted by atomic mass is 15.1. The second-order valence-corrected chi connectivity index (χ2v) is 6.78. The van der Waals surface area contributed by atoms with Gasteiger partial charge in [-0.2, -0.15) is 0 Å². The molecule has 21 heavy (non-hydrogen) atoms. The van der Waals surface area contributed by atoms with Gasteiger partial charge in [-0.3, -0.25) is 0 Å². The molecule has 1 aromatic carbocycles. The zero-order valence-corrected chi connectivity index (χ0v) is 13.5. The second-order valence-electron chi connectivity index (χ2n) is 6.78. The van der Waals surface area contributed by atoms with Crippen LogP contribution in [0.1, 0.15) is 62.6 Å². The lowest BCUT2D eigenvalue weighted by molar-refractivity contribution is 0.186. The highest BCUT2D eigenvalue weighted by Gasteiger charge is 2.25. The number of unbranched alkanes of at least 4 members (excludes halogenated alkanes) is 1. The Morgan fingerprint density at radius 2 is 1.95 bits per heavy atom. The zero-order valence-electron chi connectivity index (χ0n) is 13.5. The van der Waals surface area contributed by atoms with Gasteiger partial charge >= 0.3 is 0 Å². The van der Waals surface area contributed by atoms with Crippen molar-refractivity contribution in [2.24, 2.45) is 0 Å². The first-order chi connectivity index (χ1) is 10.4. The number of nitrogens with zero attached hydrogens (tertiary/aromatic N) is 1. The van der Waals surface area contributed by atoms with E-state index in [1.165, 1.54) is 64.6 Å². The summed E-state index contributed by atoms with van der Waals surface area (Å²) >= 11 is 0. The Balaban J connectivity index is 1.52. The van der Waals surface area contributed by atoms with E-state index >= 15 is 0 Å². The number of benzene rings is 1. The third kappa shape index (κ3) is 3.87. The van der Waals surface area contributed by atoms with Crippen LogP contribution in [0.5, 0.6) is 0 Å². The molecule has 2 aliphatic rings. The van der Waals surface area contributed by atoms with Gasteiger partial charge in [-0.15, -0.1) is 0 Å². The van der Waals surface area contributed by atoms with Crippen LogP contribution in [0.2, 0.25) is 0 Å². The summed E-state index contributed by atoms with van der Waals surface area (Å²) in [5.41, 5.74) is 3.14. The molecule has 0 radical (unpaired) electrons. The fraction of sp³-hybridized carbons (Fsp3) is 0.684. The van der Waals surface area contributed by atoms with Gasteiger partial charge < -0.3 is 10.2 Å². The summed E-state index contributed by atoms with van der Waals surface area (Å²) in [5, 5.41) is 3.96. The molecule has 1 atom stereocenters. The topological polar surface area (TPSA) is 15.3 Å². The molecule has 0 aromatic heterocycles. The molecule has 0 amide bonds. The molecule has 1 N–H and O–H groups in total. The summed E-state index contributed by atoms with van der Waals surface area (Å²) in [6, 6.07) is 10.4. The Morgan fingerprint density at radius 3 is 2.76 bits per heavy atom. The van der Waals surface area contributed by atoms with Crippen molar-refractivity contribution in [2.45, 2.75) is 64.0 Å². The van der Waals surface area contributed by atoms with E-state index in [4.69, 9.17) is 0 Å². The Labute approximate surface area is 129 Å². The summed E-state index contributed by atoms with van der Waals surface area (Å²) < 4.78 is 0. The summed E-state index contributed by atoms with van der Waals surface area (Å²) in [4.78, 5) is 2.65. The van der Waals surface area contributed by atoms with Crippen LogP contribution in [0.3, 0.4) is 0 Å². The van der Waals surface area contributed by atoms with E-state index in [9.17, 15) is 0 Å². The third-order valence-corrected chi connectivity index (χ3v) is 5.22. The van der Waals surface area contributed by atoms with Crippen LogP contribution in [0.4, 0.5) is 0 Å². The quantitative estimate of drug-likeness (QED) is 0.882. The summed E-state index contributed by atoms with van der Waals surface area (Å²) in [5.74, 6) is 0. The summed E-state index contributed by atoms with van der Waals surface area (Å²) in [6.45, 7) is 6.16. The number of nitrogens with one attached hydrogen (secondary N) is 1. The zero-order chi connectivity index (χ0) is 14.5. The minimum atomic E-state index is 0.599. The molecule has 1 fully saturated rings. The maximum atomic E-state index is 3.96. The number of piperidine rings is 1. The third-order valence-electron chi connectivity index (χ3n) is 5.22. The lowest BCUT2D eigenvalue weighted by atomic mass is 9.87. The molecule has 1 unspecified atom stereocenters. The number of fused-ring (bicyclic) bond motifs is 1. The lowest BCUT2D eigenvalue weighted by Crippen LogP contribution is -2.44. The molecule has 2 heteroatoms. The van der Waals surface area contributed by atoms with Gasteiger partial charge in [0.25, 0.3) is 0 Å². The number of aryl methyl sites for hydroxylation is 1. The number of hydrogen-bond donors (Lipinski definition) is 1. The number of rotatable bonds is 5. The Morgan fingerprint density at radius 1 is 1.14 bits per heavy atom. The van der Waals surface area contributed by atoms with E-state index in [2.05, 4.69) is 41.4 Å². The van der Waals surface area contributed by atoms with E-state index < -0.39 is 0 Å². The molecule has 1 aliphatic heterocycles. The second kappa shape index (κ2) is 7.42. The molecule has 3 rings (SSSR count). The predicted octanol–water partition coefficient (Wildman–Crippen LogP) is 3.92. The Bertz CT molecular complexity index is 435. The van der Waals surface area contributed by atoms with Crippen molar-refractivity contribution in [3.63, 3.8) is 0 Å². The molecule has 1 aliphatic carbocycles. The van der Waals surface area contributed by atoms with Crippen LogP contribution in [0.15, 0.2) is 24.3 Å². The van der Waals surface area contributed by atoms with Crippen LogP contribution in [0, 0.1) is 0 Å². The monoisotopic (exact) mass is 286 g/mol. The first kappa shape index (κ1) is 15.1. The van der Waals surface area contributed by atoms with Crippen molar-refractivity contribution >= 4 is 0 Å². The molecule has 0 spiro atoms. The van der Waals surface area contributed by atoms with E-state index in [0.717, 1.165) is 6.04 Å². The maximum Gasteiger partial charge on any atom is 0.0325 e. The van der Waals surface area contributed by atoms with Crippen LogP contribution in [0.25, 0.3) is 0 Å². The van der Waals surface area contributed by atoms with Gasteiger partial charge in [0, 0.05) is 12.1 Å². The summed E-state index contributed by atoms with van der Waals surface area (Å²) in [7, 11) is 0. The molecular weight excluding hydrogens is 256 g/mol. The van der Waals surface area contributed by atoms with Crippen molar-refractivity contribution in [1.29, 1.82) is 0 Å². The van der Waals surface area contributed by atoms with Gasteiger partial charge in [-0.1, -0.05) is 37.6 Å². The van der Waals surface area contributed by atoms with Gasteiger partial charge in [-0.25, -0.2) is 0 Å². The van der Waals surface area contributed by atoms with Crippen molar-refractivity contribution in [3.05, 3.63) is 35.4 Å². The lowest BCUT2D eigenvalue weighted by Gasteiger charge is -2.36. The highest BCUT2D eigenvalue weighted by molar-refractivity contribution is 5.32. The first-order valence-corrected chi connectivity index (χ1v) is 8.93. The van der Waals surface area contributed by atoms with Crippen molar-refractivity contribution in [3.8, 4) is 0 Å². The van der Waals surface area contributed by atoms with Crippen LogP contribution < -0.4 is 5.32 Å². The van der Waals surface area contributed by atoms with Crippen molar-refractivity contribution < 1.29 is 0 Å². The normalized spacial score (nSPS) is 24.0. The Hall–Kier alpha value is -0.860. The highest BCUT2D eigenvalue weighted by Crippen LogP contribution is 2.30. The molecule has 0 bridgehead atoms. The molecule has 116 valence electrons. The van der Waals surface area contributed by atoms with E-state index in [1.54, 1.807) is 11.1 Å². The largest absolute Gasteiger partial charge is 0.307 e. The smallest absolute Gasteiger partial charge is 0.0325 e. The minimum absolute atomic E-state index is 0.599. The van der Waals surface area contributed by atoms with E-state index in [-0.39, 0.29) is 0 Å². The van der Waals surface area contributed by atoms with Crippen molar-refractivity contribution in [2.75, 3.05) is 19.6 Å². The average molecular weight is 286 g/mol. The minimum Gasteiger partial charge on any atom is -0.307 e. The van der Waals surface area contributed by atoms with Gasteiger partial charge in [0.15, 0.2) is 0 Å². The Kier molecular flexibility index (Phi) is 5.32. The molecule has 2 nitrogen and oxygen atoms in total. The molecule has 1 heterocycles. The standard InChI is InChI=1S/C19H30N2/c1-2-3-13-21-14-11-17(12-15-21)20-19-10-6-8-16-7-4-5-9-18(16)19/h4-5,7,9,17,19-20H,2-3,6,8,10-15H2,1H3. The molecule has 1 saturated heterocycles. The fourth-order valence-electron chi connectivity index (χ4n) is 3.92. The first-order valence-electron chi connectivity index (χ1n) is 8.93. The number of hydrogen-bond acceptors (Lipinski definition) is 2. The van der Waals surface area contributed by atoms with Gasteiger partial charge in [0.1, 0.15) is 0 Å². The molecular formula is C19H30N2. The predicted molar refractivity (Wildman–Crippen MR) is 89.6 cm³/mol. The van der Waals surface area contributed by atoms with E-state index in [0.29, 0.717) is 6.04 Å². The van der Waals surface area contributed by atoms with Gasteiger partial charge in [0.2, 0.25) is 0 Å². The van der Waals surface area contributed by atoms with Gasteiger partial charge in [-0.05, 0) is 69.3 Å². The van der Waals surface area contributed by atoms with Gasteiger partial charge in [0.05, 0.1) is 0 Å². The van der Waals surface area contributed by atoms with Crippen LogP contribution >= 0.6 is 0 Å². The fourth-order valence-corrected chi connectivity index (χ4v) is 3.92. The van der Waals surface area contributed by atoms with Crippen molar-refractivity contribution in [1.82, 2.24) is 10.2 Å².